The van der Waals surface area contributed by atoms with Crippen molar-refractivity contribution in [2.24, 2.45) is 0 Å². The van der Waals surface area contributed by atoms with Gasteiger partial charge in [0.15, 0.2) is 5.13 Å². The van der Waals surface area contributed by atoms with E-state index >= 15 is 0 Å². The van der Waals surface area contributed by atoms with Gasteiger partial charge in [0.1, 0.15) is 4.83 Å². The van der Waals surface area contributed by atoms with Crippen molar-refractivity contribution < 1.29 is 4.79 Å². The number of nitrogens with one attached hydrogen (secondary N) is 1. The molecule has 0 spiro atoms. The number of benzene rings is 1. The van der Waals surface area contributed by atoms with E-state index < -0.39 is 0 Å². The summed E-state index contributed by atoms with van der Waals surface area (Å²) in [7, 11) is 0. The van der Waals surface area contributed by atoms with Gasteiger partial charge in [0, 0.05) is 28.8 Å². The number of carbonyl (C=O) groups excluding carboxylic acids is 1. The van der Waals surface area contributed by atoms with E-state index in [1.807, 2.05) is 19.2 Å². The Hall–Kier alpha value is -2.84. The molecule has 30 heavy (non-hydrogen) atoms. The van der Waals surface area contributed by atoms with Crippen LogP contribution in [-0.2, 0) is 11.3 Å². The molecule has 0 fully saturated rings. The summed E-state index contributed by atoms with van der Waals surface area (Å²) in [5.74, 6) is -0.179. The number of fused-ring (bicyclic) bond motifs is 1. The summed E-state index contributed by atoms with van der Waals surface area (Å²) >= 11 is 2.91. The Morgan fingerprint density at radius 1 is 1.20 bits per heavy atom. The van der Waals surface area contributed by atoms with E-state index in [2.05, 4.69) is 47.3 Å². The molecule has 0 saturated carbocycles. The summed E-state index contributed by atoms with van der Waals surface area (Å²) in [4.78, 5) is 35.9. The minimum Gasteiger partial charge on any atom is -0.302 e. The molecular formula is C22H22N4O2S2. The summed E-state index contributed by atoms with van der Waals surface area (Å²) in [6, 6.07) is 6.22. The van der Waals surface area contributed by atoms with Gasteiger partial charge in [-0.3, -0.25) is 14.2 Å². The number of anilines is 1. The van der Waals surface area contributed by atoms with Gasteiger partial charge in [-0.1, -0.05) is 23.8 Å². The van der Waals surface area contributed by atoms with Crippen LogP contribution >= 0.6 is 22.7 Å². The number of carbonyl (C=O) groups is 1. The van der Waals surface area contributed by atoms with Gasteiger partial charge in [0.05, 0.1) is 17.4 Å². The lowest BCUT2D eigenvalue weighted by Crippen LogP contribution is -2.23. The van der Waals surface area contributed by atoms with E-state index in [0.717, 1.165) is 32.1 Å². The highest BCUT2D eigenvalue weighted by molar-refractivity contribution is 7.18. The molecular weight excluding hydrogens is 416 g/mol. The van der Waals surface area contributed by atoms with E-state index in [-0.39, 0.29) is 24.4 Å². The van der Waals surface area contributed by atoms with Crippen molar-refractivity contribution in [3.8, 4) is 11.3 Å². The first-order valence-corrected chi connectivity index (χ1v) is 11.3. The fraction of sp³-hybridized carbons (Fsp3) is 0.273. The largest absolute Gasteiger partial charge is 0.302 e. The van der Waals surface area contributed by atoms with Crippen molar-refractivity contribution in [1.82, 2.24) is 14.5 Å². The molecule has 1 aromatic carbocycles. The Labute approximate surface area is 182 Å². The van der Waals surface area contributed by atoms with Gasteiger partial charge in [-0.2, -0.15) is 0 Å². The minimum absolute atomic E-state index is 0.0963. The Kier molecular flexibility index (Phi) is 5.53. The van der Waals surface area contributed by atoms with Crippen LogP contribution in [0.15, 0.2) is 34.7 Å². The third kappa shape index (κ3) is 3.93. The number of nitrogens with zero attached hydrogens (tertiary/aromatic N) is 3. The first kappa shape index (κ1) is 20.4. The monoisotopic (exact) mass is 438 g/mol. The second kappa shape index (κ2) is 8.12. The summed E-state index contributed by atoms with van der Waals surface area (Å²) in [5, 5.41) is 5.99. The van der Waals surface area contributed by atoms with E-state index in [1.54, 1.807) is 0 Å². The maximum Gasteiger partial charge on any atom is 0.262 e. The second-order valence-corrected chi connectivity index (χ2v) is 9.42. The number of thiazole rings is 1. The Balaban J connectivity index is 1.44. The lowest BCUT2D eigenvalue weighted by Gasteiger charge is -2.06. The molecule has 0 aliphatic heterocycles. The van der Waals surface area contributed by atoms with Crippen LogP contribution in [0.5, 0.6) is 0 Å². The van der Waals surface area contributed by atoms with Gasteiger partial charge >= 0.3 is 0 Å². The fourth-order valence-electron chi connectivity index (χ4n) is 3.39. The molecule has 8 heteroatoms. The fourth-order valence-corrected chi connectivity index (χ4v) is 5.10. The number of rotatable bonds is 5. The molecule has 0 saturated heterocycles. The van der Waals surface area contributed by atoms with Gasteiger partial charge in [-0.05, 0) is 38.8 Å². The van der Waals surface area contributed by atoms with E-state index in [0.29, 0.717) is 10.5 Å². The molecule has 0 radical (unpaired) electrons. The third-order valence-corrected chi connectivity index (χ3v) is 7.02. The number of hydrogen-bond donors (Lipinski definition) is 1. The number of aryl methyl sites for hydroxylation is 5. The zero-order valence-electron chi connectivity index (χ0n) is 17.3. The van der Waals surface area contributed by atoms with Gasteiger partial charge in [0.25, 0.3) is 5.56 Å². The van der Waals surface area contributed by atoms with Crippen LogP contribution in [0.1, 0.15) is 28.0 Å². The molecule has 0 aliphatic carbocycles. The van der Waals surface area contributed by atoms with Crippen LogP contribution in [0, 0.1) is 27.7 Å². The van der Waals surface area contributed by atoms with E-state index in [1.165, 1.54) is 39.1 Å². The smallest absolute Gasteiger partial charge is 0.262 e. The van der Waals surface area contributed by atoms with Crippen LogP contribution in [0.2, 0.25) is 0 Å². The average molecular weight is 439 g/mol. The molecule has 0 bridgehead atoms. The van der Waals surface area contributed by atoms with Crippen LogP contribution in [-0.4, -0.2) is 20.4 Å². The van der Waals surface area contributed by atoms with Gasteiger partial charge in [-0.15, -0.1) is 22.7 Å². The molecule has 3 heterocycles. The zero-order chi connectivity index (χ0) is 21.4. The number of aromatic nitrogens is 3. The predicted octanol–water partition coefficient (Wildman–Crippen LogP) is 4.84. The summed E-state index contributed by atoms with van der Waals surface area (Å²) in [5.41, 5.74) is 5.14. The van der Waals surface area contributed by atoms with Crippen molar-refractivity contribution in [1.29, 1.82) is 0 Å². The normalized spacial score (nSPS) is 11.2. The molecule has 4 aromatic rings. The van der Waals surface area contributed by atoms with Crippen molar-refractivity contribution in [3.05, 3.63) is 61.8 Å². The summed E-state index contributed by atoms with van der Waals surface area (Å²) in [6.07, 6.45) is 1.70. The Bertz CT molecular complexity index is 1320. The molecule has 0 unspecified atom stereocenters. The van der Waals surface area contributed by atoms with Gasteiger partial charge < -0.3 is 5.32 Å². The number of thiophene rings is 1. The molecule has 154 valence electrons. The van der Waals surface area contributed by atoms with Crippen molar-refractivity contribution >= 4 is 43.9 Å². The predicted molar refractivity (Wildman–Crippen MR) is 124 cm³/mol. The van der Waals surface area contributed by atoms with Crippen LogP contribution in [0.3, 0.4) is 0 Å². The lowest BCUT2D eigenvalue weighted by atomic mass is 10.0. The topological polar surface area (TPSA) is 76.9 Å². The average Bonchev–Trinajstić information content (AvgIpc) is 3.26. The molecule has 3 aromatic heterocycles. The molecule has 0 atom stereocenters. The summed E-state index contributed by atoms with van der Waals surface area (Å²) in [6.45, 7) is 8.31. The molecule has 1 N–H and O–H groups in total. The van der Waals surface area contributed by atoms with Crippen molar-refractivity contribution in [3.63, 3.8) is 0 Å². The molecule has 4 rings (SSSR count). The van der Waals surface area contributed by atoms with Crippen molar-refractivity contribution in [2.75, 3.05) is 5.32 Å². The first-order valence-electron chi connectivity index (χ1n) is 9.61. The van der Waals surface area contributed by atoms with Gasteiger partial charge in [-0.25, -0.2) is 9.97 Å². The maximum absolute atomic E-state index is 12.7. The highest BCUT2D eigenvalue weighted by atomic mass is 32.1. The number of amides is 1. The van der Waals surface area contributed by atoms with E-state index in [9.17, 15) is 9.59 Å². The molecule has 0 aliphatic rings. The van der Waals surface area contributed by atoms with Crippen molar-refractivity contribution in [2.45, 2.75) is 40.7 Å². The third-order valence-electron chi connectivity index (χ3n) is 5.14. The lowest BCUT2D eigenvalue weighted by molar-refractivity contribution is -0.116. The quantitative estimate of drug-likeness (QED) is 0.483. The summed E-state index contributed by atoms with van der Waals surface area (Å²) < 4.78 is 1.50. The Morgan fingerprint density at radius 2 is 2.00 bits per heavy atom. The number of hydrogen-bond acceptors (Lipinski definition) is 6. The Morgan fingerprint density at radius 3 is 2.77 bits per heavy atom. The van der Waals surface area contributed by atoms with Crippen LogP contribution in [0.4, 0.5) is 5.13 Å². The zero-order valence-corrected chi connectivity index (χ0v) is 18.9. The SMILES string of the molecule is Cc1ccc(-c2csc(NC(=O)CCn3cnc4sc(C)c(C)c4c3=O)n2)c(C)c1. The van der Waals surface area contributed by atoms with E-state index in [4.69, 9.17) is 0 Å². The van der Waals surface area contributed by atoms with Crippen LogP contribution in [0.25, 0.3) is 21.5 Å². The minimum atomic E-state index is -0.179. The molecule has 1 amide bonds. The first-order chi connectivity index (χ1) is 14.3. The van der Waals surface area contributed by atoms with Crippen LogP contribution < -0.4 is 10.9 Å². The van der Waals surface area contributed by atoms with Gasteiger partial charge in [0.2, 0.25) is 5.91 Å². The second-order valence-electron chi connectivity index (χ2n) is 7.36. The highest BCUT2D eigenvalue weighted by Gasteiger charge is 2.14. The molecule has 6 nitrogen and oxygen atoms in total. The standard InChI is InChI=1S/C22H22N4O2S2/c1-12-5-6-16(13(2)9-12)17-10-29-22(24-17)25-18(27)7-8-26-11-23-20-19(21(26)28)14(3)15(4)30-20/h5-6,9-11H,7-8H2,1-4H3,(H,24,25,27). The highest BCUT2D eigenvalue weighted by Crippen LogP contribution is 2.28. The maximum atomic E-state index is 12.7.